The molecule has 112 valence electrons. The summed E-state index contributed by atoms with van der Waals surface area (Å²) in [6, 6.07) is 14.1. The summed E-state index contributed by atoms with van der Waals surface area (Å²) in [5, 5.41) is 12.5. The van der Waals surface area contributed by atoms with E-state index in [1.807, 2.05) is 18.2 Å². The van der Waals surface area contributed by atoms with Gasteiger partial charge in [-0.3, -0.25) is 0 Å². The van der Waals surface area contributed by atoms with Crippen molar-refractivity contribution in [2.45, 2.75) is 12.4 Å². The van der Waals surface area contributed by atoms with Crippen LogP contribution in [0, 0.1) is 0 Å². The monoisotopic (exact) mass is 297 g/mol. The molecular weight excluding hydrogens is 283 g/mol. The lowest BCUT2D eigenvalue weighted by atomic mass is 10.1. The fourth-order valence-corrected chi connectivity index (χ4v) is 1.90. The first kappa shape index (κ1) is 15.2. The number of aliphatic hydroxyl groups excluding tert-OH is 1. The van der Waals surface area contributed by atoms with Crippen molar-refractivity contribution in [1.82, 2.24) is 0 Å². The third-order valence-corrected chi connectivity index (χ3v) is 2.79. The number of rotatable bonds is 5. The zero-order chi connectivity index (χ0) is 15.3. The van der Waals surface area contributed by atoms with Gasteiger partial charge in [-0.05, 0) is 29.8 Å². The molecule has 2 rings (SSSR count). The highest BCUT2D eigenvalue weighted by molar-refractivity contribution is 5.46. The van der Waals surface area contributed by atoms with Gasteiger partial charge in [0.2, 0.25) is 0 Å². The number of anilines is 1. The van der Waals surface area contributed by atoms with Crippen LogP contribution in [-0.4, -0.2) is 18.1 Å². The Morgan fingerprint density at radius 1 is 1.05 bits per heavy atom. The number of hydrogen-bond acceptors (Lipinski definition) is 3. The van der Waals surface area contributed by atoms with E-state index in [2.05, 4.69) is 10.1 Å². The minimum atomic E-state index is -4.74. The molecule has 6 heteroatoms. The second-order valence-electron chi connectivity index (χ2n) is 4.37. The van der Waals surface area contributed by atoms with Crippen molar-refractivity contribution in [2.24, 2.45) is 0 Å². The largest absolute Gasteiger partial charge is 0.573 e. The minimum absolute atomic E-state index is 0.260. The molecule has 1 unspecified atom stereocenters. The number of hydrogen-bond donors (Lipinski definition) is 2. The highest BCUT2D eigenvalue weighted by Crippen LogP contribution is 2.27. The molecule has 0 amide bonds. The van der Waals surface area contributed by atoms with Crippen LogP contribution in [-0.2, 0) is 0 Å². The summed E-state index contributed by atoms with van der Waals surface area (Å²) in [5.41, 5.74) is 1.27. The molecule has 0 spiro atoms. The van der Waals surface area contributed by atoms with Gasteiger partial charge in [0, 0.05) is 5.69 Å². The van der Waals surface area contributed by atoms with E-state index in [0.717, 1.165) is 5.69 Å². The Morgan fingerprint density at radius 2 is 1.76 bits per heavy atom. The topological polar surface area (TPSA) is 41.5 Å². The molecule has 0 bridgehead atoms. The molecule has 21 heavy (non-hydrogen) atoms. The molecule has 3 nitrogen and oxygen atoms in total. The molecule has 0 fully saturated rings. The summed E-state index contributed by atoms with van der Waals surface area (Å²) >= 11 is 0. The second-order valence-corrected chi connectivity index (χ2v) is 4.37. The number of ether oxygens (including phenoxy) is 1. The zero-order valence-electron chi connectivity index (χ0n) is 11.0. The maximum absolute atomic E-state index is 12.2. The molecule has 0 aliphatic carbocycles. The van der Waals surface area contributed by atoms with E-state index in [9.17, 15) is 18.3 Å². The molecule has 0 saturated carbocycles. The average molecular weight is 297 g/mol. The first-order valence-electron chi connectivity index (χ1n) is 6.26. The third kappa shape index (κ3) is 4.68. The van der Waals surface area contributed by atoms with Crippen LogP contribution in [0.15, 0.2) is 54.6 Å². The quantitative estimate of drug-likeness (QED) is 0.883. The number of nitrogens with one attached hydrogen (secondary N) is 1. The predicted octanol–water partition coefficient (Wildman–Crippen LogP) is 3.73. The van der Waals surface area contributed by atoms with Gasteiger partial charge in [0.05, 0.1) is 12.6 Å². The van der Waals surface area contributed by atoms with Gasteiger partial charge in [-0.15, -0.1) is 13.2 Å². The number of halogens is 3. The van der Waals surface area contributed by atoms with Gasteiger partial charge in [0.25, 0.3) is 0 Å². The van der Waals surface area contributed by atoms with Crippen LogP contribution in [0.3, 0.4) is 0 Å². The van der Waals surface area contributed by atoms with Gasteiger partial charge in [0.15, 0.2) is 0 Å². The van der Waals surface area contributed by atoms with Crippen LogP contribution >= 0.6 is 0 Å². The maximum atomic E-state index is 12.2. The van der Waals surface area contributed by atoms with Crippen molar-refractivity contribution in [3.63, 3.8) is 0 Å². The van der Waals surface area contributed by atoms with E-state index >= 15 is 0 Å². The third-order valence-electron chi connectivity index (χ3n) is 2.79. The fourth-order valence-electron chi connectivity index (χ4n) is 1.90. The molecule has 2 aromatic rings. The van der Waals surface area contributed by atoms with E-state index in [-0.39, 0.29) is 12.4 Å². The zero-order valence-corrected chi connectivity index (χ0v) is 11.0. The Morgan fingerprint density at radius 3 is 2.38 bits per heavy atom. The Balaban J connectivity index is 2.16. The number of alkyl halides is 3. The van der Waals surface area contributed by atoms with Crippen LogP contribution in [0.5, 0.6) is 5.75 Å². The van der Waals surface area contributed by atoms with Crippen LogP contribution in [0.1, 0.15) is 11.6 Å². The lowest BCUT2D eigenvalue weighted by Gasteiger charge is -2.19. The maximum Gasteiger partial charge on any atom is 0.573 e. The van der Waals surface area contributed by atoms with Crippen LogP contribution < -0.4 is 10.1 Å². The molecule has 2 N–H and O–H groups in total. The summed E-state index contributed by atoms with van der Waals surface area (Å²) in [6.45, 7) is -0.260. The Labute approximate surface area is 120 Å². The van der Waals surface area contributed by atoms with Crippen molar-refractivity contribution in [2.75, 3.05) is 11.9 Å². The number of para-hydroxylation sites is 1. The highest BCUT2D eigenvalue weighted by Gasteiger charge is 2.31. The second kappa shape index (κ2) is 6.49. The summed E-state index contributed by atoms with van der Waals surface area (Å²) in [6.07, 6.45) is -4.74. The van der Waals surface area contributed by atoms with E-state index in [0.29, 0.717) is 5.56 Å². The van der Waals surface area contributed by atoms with Crippen LogP contribution in [0.4, 0.5) is 18.9 Å². The summed E-state index contributed by atoms with van der Waals surface area (Å²) in [4.78, 5) is 0. The molecule has 0 aliphatic heterocycles. The van der Waals surface area contributed by atoms with Gasteiger partial charge in [0.1, 0.15) is 5.75 Å². The lowest BCUT2D eigenvalue weighted by molar-refractivity contribution is -0.274. The Bertz CT molecular complexity index is 573. The van der Waals surface area contributed by atoms with Gasteiger partial charge in [-0.1, -0.05) is 30.3 Å². The molecule has 0 heterocycles. The van der Waals surface area contributed by atoms with Crippen molar-refractivity contribution < 1.29 is 23.0 Å². The van der Waals surface area contributed by atoms with Gasteiger partial charge in [-0.2, -0.15) is 0 Å². The van der Waals surface area contributed by atoms with E-state index in [1.54, 1.807) is 18.2 Å². The lowest BCUT2D eigenvalue weighted by Crippen LogP contribution is -2.18. The standard InChI is InChI=1S/C15H14F3NO2/c16-15(17,18)21-13-8-4-5-11(9-13)14(10-20)19-12-6-2-1-3-7-12/h1-9,14,19-20H,10H2. The summed E-state index contributed by atoms with van der Waals surface area (Å²) in [5.74, 6) is -0.312. The summed E-state index contributed by atoms with van der Waals surface area (Å²) < 4.78 is 40.5. The normalized spacial score (nSPS) is 12.8. The first-order valence-corrected chi connectivity index (χ1v) is 6.26. The van der Waals surface area contributed by atoms with Gasteiger partial charge >= 0.3 is 6.36 Å². The number of aliphatic hydroxyl groups is 1. The predicted molar refractivity (Wildman–Crippen MR) is 73.0 cm³/mol. The van der Waals surface area contributed by atoms with E-state index in [1.165, 1.54) is 18.2 Å². The average Bonchev–Trinajstić information content (AvgIpc) is 2.44. The van der Waals surface area contributed by atoms with Crippen molar-refractivity contribution >= 4 is 5.69 Å². The molecule has 1 atom stereocenters. The van der Waals surface area contributed by atoms with Crippen LogP contribution in [0.25, 0.3) is 0 Å². The van der Waals surface area contributed by atoms with Crippen molar-refractivity contribution in [3.8, 4) is 5.75 Å². The summed E-state index contributed by atoms with van der Waals surface area (Å²) in [7, 11) is 0. The number of benzene rings is 2. The SMILES string of the molecule is OCC(Nc1ccccc1)c1cccc(OC(F)(F)F)c1. The van der Waals surface area contributed by atoms with Crippen LogP contribution in [0.2, 0.25) is 0 Å². The molecule has 0 radical (unpaired) electrons. The fraction of sp³-hybridized carbons (Fsp3) is 0.200. The van der Waals surface area contributed by atoms with E-state index in [4.69, 9.17) is 0 Å². The first-order chi connectivity index (χ1) is 9.98. The molecule has 2 aromatic carbocycles. The Hall–Kier alpha value is -2.21. The van der Waals surface area contributed by atoms with Crippen molar-refractivity contribution in [3.05, 3.63) is 60.2 Å². The van der Waals surface area contributed by atoms with E-state index < -0.39 is 12.4 Å². The molecule has 0 aliphatic rings. The molecular formula is C15H14F3NO2. The van der Waals surface area contributed by atoms with Gasteiger partial charge in [-0.25, -0.2) is 0 Å². The molecule has 0 aromatic heterocycles. The van der Waals surface area contributed by atoms with Gasteiger partial charge < -0.3 is 15.2 Å². The molecule has 0 saturated heterocycles. The highest BCUT2D eigenvalue weighted by atomic mass is 19.4. The Kier molecular flexibility index (Phi) is 4.70. The smallest absolute Gasteiger partial charge is 0.406 e. The minimum Gasteiger partial charge on any atom is -0.406 e. The van der Waals surface area contributed by atoms with Crippen molar-refractivity contribution in [1.29, 1.82) is 0 Å².